The van der Waals surface area contributed by atoms with Gasteiger partial charge in [-0.2, -0.15) is 0 Å². The summed E-state index contributed by atoms with van der Waals surface area (Å²) >= 11 is 0. The Bertz CT molecular complexity index is 490. The molecule has 0 atom stereocenters. The van der Waals surface area contributed by atoms with Gasteiger partial charge in [0.15, 0.2) is 0 Å². The fraction of sp³-hybridized carbons (Fsp3) is 0.500. The second-order valence-electron chi connectivity index (χ2n) is 5.62. The minimum absolute atomic E-state index is 0.0591. The van der Waals surface area contributed by atoms with Crippen LogP contribution in [0.1, 0.15) is 38.2 Å². The highest BCUT2D eigenvalue weighted by atomic mass is 16.5. The molecule has 3 nitrogen and oxygen atoms in total. The largest absolute Gasteiger partial charge is 0.426 e. The fourth-order valence-corrected chi connectivity index (χ4v) is 2.39. The zero-order valence-electron chi connectivity index (χ0n) is 11.5. The molecule has 1 aromatic rings. The predicted octanol–water partition coefficient (Wildman–Crippen LogP) is 3.77. The third kappa shape index (κ3) is 3.35. The van der Waals surface area contributed by atoms with Crippen molar-refractivity contribution in [1.82, 2.24) is 0 Å². The number of ether oxygens (including phenoxy) is 1. The number of aryl methyl sites for hydroxylation is 1. The third-order valence-corrected chi connectivity index (χ3v) is 3.91. The highest BCUT2D eigenvalue weighted by Crippen LogP contribution is 2.35. The standard InChI is InChI=1S/C16H19NO2/c1-12-4-6-14(7-5-12)19-15(18)13-8-10-16(2,17-3)11-9-13/h4-7,13H,8-11H2,1-2H3. The van der Waals surface area contributed by atoms with Gasteiger partial charge in [0, 0.05) is 19.8 Å². The summed E-state index contributed by atoms with van der Waals surface area (Å²) in [6.45, 7) is 11.1. The number of carbonyl (C=O) groups is 1. The first-order chi connectivity index (χ1) is 9.02. The van der Waals surface area contributed by atoms with Gasteiger partial charge >= 0.3 is 5.97 Å². The number of nitrogens with zero attached hydrogens (tertiary/aromatic N) is 1. The zero-order chi connectivity index (χ0) is 13.9. The van der Waals surface area contributed by atoms with Crippen molar-refractivity contribution in [2.45, 2.75) is 45.1 Å². The smallest absolute Gasteiger partial charge is 0.314 e. The van der Waals surface area contributed by atoms with E-state index in [-0.39, 0.29) is 17.4 Å². The molecule has 3 heteroatoms. The van der Waals surface area contributed by atoms with Crippen LogP contribution in [0.4, 0.5) is 0 Å². The Morgan fingerprint density at radius 1 is 1.32 bits per heavy atom. The summed E-state index contributed by atoms with van der Waals surface area (Å²) in [7, 11) is 0. The molecule has 0 spiro atoms. The van der Waals surface area contributed by atoms with Gasteiger partial charge < -0.3 is 9.58 Å². The second kappa shape index (κ2) is 5.44. The van der Waals surface area contributed by atoms with E-state index in [0.717, 1.165) is 31.2 Å². The molecular formula is C16H19NO2. The van der Waals surface area contributed by atoms with E-state index in [1.807, 2.05) is 38.1 Å². The molecule has 0 N–H and O–H groups in total. The summed E-state index contributed by atoms with van der Waals surface area (Å²) in [5.74, 6) is 0.390. The molecule has 19 heavy (non-hydrogen) atoms. The lowest BCUT2D eigenvalue weighted by Gasteiger charge is -2.27. The lowest BCUT2D eigenvalue weighted by atomic mass is 9.78. The van der Waals surface area contributed by atoms with Crippen molar-refractivity contribution < 1.29 is 9.53 Å². The summed E-state index contributed by atoms with van der Waals surface area (Å²) in [5.41, 5.74) is 0.867. The summed E-state index contributed by atoms with van der Waals surface area (Å²) in [5, 5.41) is 0. The summed E-state index contributed by atoms with van der Waals surface area (Å²) < 4.78 is 5.39. The van der Waals surface area contributed by atoms with Crippen LogP contribution < -0.4 is 4.74 Å². The zero-order valence-corrected chi connectivity index (χ0v) is 11.5. The maximum atomic E-state index is 12.1. The maximum Gasteiger partial charge on any atom is 0.314 e. The molecule has 0 saturated heterocycles. The van der Waals surface area contributed by atoms with Crippen molar-refractivity contribution in [3.8, 4) is 5.75 Å². The van der Waals surface area contributed by atoms with Gasteiger partial charge in [0.1, 0.15) is 5.75 Å². The Hall–Kier alpha value is -1.82. The number of rotatable bonds is 2. The van der Waals surface area contributed by atoms with Gasteiger partial charge in [-0.3, -0.25) is 4.79 Å². The van der Waals surface area contributed by atoms with Crippen LogP contribution in [-0.4, -0.2) is 11.5 Å². The minimum Gasteiger partial charge on any atom is -0.426 e. The fourth-order valence-electron chi connectivity index (χ4n) is 2.39. The summed E-state index contributed by atoms with van der Waals surface area (Å²) in [6.07, 6.45) is 3.07. The second-order valence-corrected chi connectivity index (χ2v) is 5.62. The van der Waals surface area contributed by atoms with Crippen molar-refractivity contribution in [2.75, 3.05) is 0 Å². The molecule has 1 aromatic carbocycles. The lowest BCUT2D eigenvalue weighted by Crippen LogP contribution is -2.32. The van der Waals surface area contributed by atoms with Crippen LogP contribution in [0.25, 0.3) is 4.85 Å². The van der Waals surface area contributed by atoms with Crippen LogP contribution in [0.15, 0.2) is 24.3 Å². The number of hydrogen-bond donors (Lipinski definition) is 0. The molecule has 0 amide bonds. The van der Waals surface area contributed by atoms with Crippen LogP contribution in [0.5, 0.6) is 5.75 Å². The molecule has 2 rings (SSSR count). The molecule has 1 aliphatic carbocycles. The topological polar surface area (TPSA) is 30.7 Å². The van der Waals surface area contributed by atoms with Crippen LogP contribution in [0.3, 0.4) is 0 Å². The SMILES string of the molecule is [C-]#[N+]C1(C)CCC(C(=O)Oc2ccc(C)cc2)CC1. The molecule has 0 bridgehead atoms. The number of hydrogen-bond acceptors (Lipinski definition) is 2. The van der Waals surface area contributed by atoms with E-state index in [1.54, 1.807) is 0 Å². The number of esters is 1. The number of benzene rings is 1. The van der Waals surface area contributed by atoms with Crippen molar-refractivity contribution >= 4 is 5.97 Å². The van der Waals surface area contributed by atoms with Crippen LogP contribution in [0, 0.1) is 19.4 Å². The molecule has 0 heterocycles. The first kappa shape index (κ1) is 13.6. The number of carbonyl (C=O) groups excluding carboxylic acids is 1. The third-order valence-electron chi connectivity index (χ3n) is 3.91. The van der Waals surface area contributed by atoms with E-state index in [9.17, 15) is 4.79 Å². The average Bonchev–Trinajstić information content (AvgIpc) is 2.42. The average molecular weight is 257 g/mol. The van der Waals surface area contributed by atoms with Crippen LogP contribution in [0.2, 0.25) is 0 Å². The quantitative estimate of drug-likeness (QED) is 0.458. The van der Waals surface area contributed by atoms with E-state index in [1.165, 1.54) is 0 Å². The molecule has 0 aliphatic heterocycles. The van der Waals surface area contributed by atoms with E-state index < -0.39 is 0 Å². The Labute approximate surface area is 114 Å². The highest BCUT2D eigenvalue weighted by Gasteiger charge is 2.39. The Balaban J connectivity index is 1.92. The summed E-state index contributed by atoms with van der Waals surface area (Å²) in [4.78, 5) is 15.7. The highest BCUT2D eigenvalue weighted by molar-refractivity contribution is 5.75. The minimum atomic E-state index is -0.277. The van der Waals surface area contributed by atoms with Gasteiger partial charge in [0.05, 0.1) is 5.92 Å². The van der Waals surface area contributed by atoms with Crippen molar-refractivity contribution in [3.63, 3.8) is 0 Å². The molecule has 100 valence electrons. The van der Waals surface area contributed by atoms with Crippen molar-refractivity contribution in [3.05, 3.63) is 41.2 Å². The van der Waals surface area contributed by atoms with Gasteiger partial charge in [0.2, 0.25) is 5.54 Å². The predicted molar refractivity (Wildman–Crippen MR) is 73.8 cm³/mol. The summed E-state index contributed by atoms with van der Waals surface area (Å²) in [6, 6.07) is 7.50. The normalized spacial score (nSPS) is 26.5. The van der Waals surface area contributed by atoms with Gasteiger partial charge in [-0.05, 0) is 31.9 Å². The van der Waals surface area contributed by atoms with Crippen LogP contribution >= 0.6 is 0 Å². The molecule has 0 unspecified atom stereocenters. The van der Waals surface area contributed by atoms with Gasteiger partial charge in [0.25, 0.3) is 0 Å². The lowest BCUT2D eigenvalue weighted by molar-refractivity contribution is -0.140. The Morgan fingerprint density at radius 2 is 1.89 bits per heavy atom. The van der Waals surface area contributed by atoms with Crippen LogP contribution in [-0.2, 0) is 4.79 Å². The van der Waals surface area contributed by atoms with Crippen molar-refractivity contribution in [1.29, 1.82) is 0 Å². The van der Waals surface area contributed by atoms with E-state index in [2.05, 4.69) is 4.85 Å². The van der Waals surface area contributed by atoms with Gasteiger partial charge in [-0.15, -0.1) is 0 Å². The van der Waals surface area contributed by atoms with E-state index >= 15 is 0 Å². The van der Waals surface area contributed by atoms with Gasteiger partial charge in [-0.1, -0.05) is 17.7 Å². The molecular weight excluding hydrogens is 238 g/mol. The molecule has 0 aromatic heterocycles. The monoisotopic (exact) mass is 257 g/mol. The van der Waals surface area contributed by atoms with Gasteiger partial charge in [-0.25, -0.2) is 6.57 Å². The molecule has 1 aliphatic rings. The first-order valence-electron chi connectivity index (χ1n) is 6.69. The molecule has 0 radical (unpaired) electrons. The molecule has 1 fully saturated rings. The Morgan fingerprint density at radius 3 is 2.42 bits per heavy atom. The molecule has 1 saturated carbocycles. The van der Waals surface area contributed by atoms with E-state index in [0.29, 0.717) is 5.75 Å². The van der Waals surface area contributed by atoms with E-state index in [4.69, 9.17) is 11.3 Å². The van der Waals surface area contributed by atoms with Crippen molar-refractivity contribution in [2.24, 2.45) is 5.92 Å². The first-order valence-corrected chi connectivity index (χ1v) is 6.69. The maximum absolute atomic E-state index is 12.1. The Kier molecular flexibility index (Phi) is 3.90.